The van der Waals surface area contributed by atoms with Crippen LogP contribution in [-0.2, 0) is 39.2 Å². The molecule has 3 aromatic rings. The summed E-state index contributed by atoms with van der Waals surface area (Å²) in [5.41, 5.74) is 0.236. The minimum atomic E-state index is -3.93. The molecule has 0 spiro atoms. The second kappa shape index (κ2) is 17.6. The number of nitrogens with zero attached hydrogens (tertiary/aromatic N) is 5. The molecule has 5 fully saturated rings. The molecule has 63 heavy (non-hydrogen) atoms. The number of morpholine rings is 1. The van der Waals surface area contributed by atoms with Gasteiger partial charge in [0, 0.05) is 49.4 Å². The Bertz CT molecular complexity index is 2490. The van der Waals surface area contributed by atoms with Crippen molar-refractivity contribution in [2.75, 3.05) is 52.3 Å². The van der Waals surface area contributed by atoms with Gasteiger partial charge >= 0.3 is 0 Å². The number of fused-ring (bicyclic) bond motifs is 2. The second-order valence-corrected chi connectivity index (χ2v) is 23.1. The number of nitrogens with one attached hydrogen (secondary N) is 2. The zero-order valence-corrected chi connectivity index (χ0v) is 39.5. The maximum Gasteiger partial charge on any atom is 0.259 e. The van der Waals surface area contributed by atoms with Gasteiger partial charge in [0.25, 0.3) is 5.91 Å². The first kappa shape index (κ1) is 45.9. The molecule has 5 heterocycles. The van der Waals surface area contributed by atoms with Crippen LogP contribution in [0.5, 0.6) is 11.5 Å². The first-order valence-electron chi connectivity index (χ1n) is 21.7. The van der Waals surface area contributed by atoms with E-state index >= 15 is 0 Å². The molecule has 2 aromatic heterocycles. The molecule has 2 aliphatic carbocycles. The van der Waals surface area contributed by atoms with Crippen molar-refractivity contribution in [1.29, 1.82) is 0 Å². The van der Waals surface area contributed by atoms with Crippen LogP contribution in [0.3, 0.4) is 0 Å². The second-order valence-electron chi connectivity index (χ2n) is 18.0. The largest absolute Gasteiger partial charge is 0.491 e. The number of pyridine rings is 1. The molecule has 344 valence electrons. The third-order valence-corrected chi connectivity index (χ3v) is 17.2. The molecule has 0 bridgehead atoms. The summed E-state index contributed by atoms with van der Waals surface area (Å²) in [6.45, 7) is 13.3. The minimum absolute atomic E-state index is 0.0656. The number of carbonyl (C=O) groups excluding carboxylic acids is 3. The third-order valence-electron chi connectivity index (χ3n) is 12.9. The number of sulfonamides is 2. The Labute approximate surface area is 377 Å². The molecule has 21 heteroatoms. The Hall–Kier alpha value is -3.66. The average molecular weight is 951 g/mol. The standard InChI is InChI=1S/C42H56ClN7O10S3/c1-7-25-20-42(25,41(53)47-63(56,57)26-8-9-26)46-38(51)30-19-34(31-21-49(62(6,54)55)37(24(4)5)40(52)50(30)31)60-33-18-28(39-45-29(22-61-39)23(2)3)44-36-27(33)10-11-32(35(36)43)59-17-14-48-12-15-58-16-13-48/h10-11,18,22-26,30-31,34,37H,7-9,12-17,19-21H2,1-6H3,(H,46,51)(H,47,53)/t25-,30+,31-,34-,37-,42-/m1/s1. The molecule has 2 saturated carbocycles. The van der Waals surface area contributed by atoms with E-state index in [-0.39, 0.29) is 36.2 Å². The summed E-state index contributed by atoms with van der Waals surface area (Å²) in [5, 5.41) is 5.59. The van der Waals surface area contributed by atoms with Crippen LogP contribution in [-0.4, -0.2) is 146 Å². The van der Waals surface area contributed by atoms with E-state index in [2.05, 4.69) is 14.9 Å². The van der Waals surface area contributed by atoms with Crippen LogP contribution in [0.25, 0.3) is 21.6 Å². The normalized spacial score (nSPS) is 26.9. The molecule has 3 amide bonds. The fourth-order valence-electron chi connectivity index (χ4n) is 9.08. The van der Waals surface area contributed by atoms with Crippen LogP contribution < -0.4 is 19.5 Å². The molecule has 17 nitrogen and oxygen atoms in total. The van der Waals surface area contributed by atoms with Crippen LogP contribution in [0.1, 0.15) is 78.3 Å². The average Bonchev–Trinajstić information content (AvgIpc) is 4.12. The van der Waals surface area contributed by atoms with Crippen LogP contribution in [0.2, 0.25) is 5.02 Å². The quantitative estimate of drug-likeness (QED) is 0.210. The summed E-state index contributed by atoms with van der Waals surface area (Å²) in [5.74, 6) is -1.91. The van der Waals surface area contributed by atoms with Gasteiger partial charge in [-0.2, -0.15) is 4.31 Å². The Morgan fingerprint density at radius 1 is 1.08 bits per heavy atom. The highest BCUT2D eigenvalue weighted by Gasteiger charge is 2.63. The molecule has 0 radical (unpaired) electrons. The van der Waals surface area contributed by atoms with Crippen molar-refractivity contribution in [2.24, 2.45) is 11.8 Å². The lowest BCUT2D eigenvalue weighted by atomic mass is 9.98. The lowest BCUT2D eigenvalue weighted by Crippen LogP contribution is -2.67. The number of piperazine rings is 1. The molecule has 6 atom stereocenters. The molecule has 1 aromatic carbocycles. The van der Waals surface area contributed by atoms with Crippen molar-refractivity contribution in [3.05, 3.63) is 34.3 Å². The van der Waals surface area contributed by atoms with Crippen molar-refractivity contribution < 1.29 is 45.4 Å². The number of ether oxygens (including phenoxy) is 3. The number of thiazole rings is 1. The molecule has 5 aliphatic rings. The van der Waals surface area contributed by atoms with Crippen molar-refractivity contribution in [3.8, 4) is 22.2 Å². The fraction of sp³-hybridized carbons (Fsp3) is 0.643. The smallest absolute Gasteiger partial charge is 0.259 e. The van der Waals surface area contributed by atoms with Crippen molar-refractivity contribution in [2.45, 2.75) is 108 Å². The lowest BCUT2D eigenvalue weighted by Gasteiger charge is -2.45. The predicted molar refractivity (Wildman–Crippen MR) is 238 cm³/mol. The summed E-state index contributed by atoms with van der Waals surface area (Å²) in [4.78, 5) is 56.5. The summed E-state index contributed by atoms with van der Waals surface area (Å²) < 4.78 is 74.4. The van der Waals surface area contributed by atoms with E-state index in [1.54, 1.807) is 32.0 Å². The number of hydrogen-bond donors (Lipinski definition) is 2. The Morgan fingerprint density at radius 3 is 2.43 bits per heavy atom. The maximum atomic E-state index is 14.7. The van der Waals surface area contributed by atoms with Gasteiger partial charge in [-0.3, -0.25) is 24.0 Å². The highest BCUT2D eigenvalue weighted by atomic mass is 35.5. The SMILES string of the molecule is CC[C@@H]1C[C@]1(NC(=O)[C@@H]1C[C@@H](Oc2cc(-c3nc(C(C)C)cs3)nc3c(Cl)c(OCCN4CCOCC4)ccc23)[C@H]2CN(S(C)(=O)=O)[C@H](C(C)C)C(=O)N21)C(=O)NS(=O)(=O)C1CC1. The zero-order valence-electron chi connectivity index (χ0n) is 36.3. The van der Waals surface area contributed by atoms with Gasteiger partial charge in [0.15, 0.2) is 0 Å². The van der Waals surface area contributed by atoms with E-state index in [0.717, 1.165) is 25.0 Å². The van der Waals surface area contributed by atoms with Gasteiger partial charge in [-0.05, 0) is 49.1 Å². The number of carbonyl (C=O) groups is 3. The molecule has 3 saturated heterocycles. The van der Waals surface area contributed by atoms with Gasteiger partial charge in [0.1, 0.15) is 57.6 Å². The first-order valence-corrected chi connectivity index (χ1v) is 26.3. The minimum Gasteiger partial charge on any atom is -0.491 e. The van der Waals surface area contributed by atoms with Crippen LogP contribution >= 0.6 is 22.9 Å². The predicted octanol–water partition coefficient (Wildman–Crippen LogP) is 3.76. The number of aromatic nitrogens is 2. The zero-order chi connectivity index (χ0) is 45.2. The highest BCUT2D eigenvalue weighted by molar-refractivity contribution is 7.91. The lowest BCUT2D eigenvalue weighted by molar-refractivity contribution is -0.150. The van der Waals surface area contributed by atoms with E-state index in [1.165, 1.54) is 20.5 Å². The fourth-order valence-corrected chi connectivity index (χ4v) is 12.8. The third kappa shape index (κ3) is 9.14. The Kier molecular flexibility index (Phi) is 12.8. The first-order chi connectivity index (χ1) is 29.8. The molecular formula is C42H56ClN7O10S3. The van der Waals surface area contributed by atoms with Crippen molar-refractivity contribution in [1.82, 2.24) is 34.1 Å². The van der Waals surface area contributed by atoms with Crippen LogP contribution in [0.15, 0.2) is 23.6 Å². The van der Waals surface area contributed by atoms with E-state index in [9.17, 15) is 31.2 Å². The molecule has 8 rings (SSSR count). The van der Waals surface area contributed by atoms with Crippen molar-refractivity contribution in [3.63, 3.8) is 0 Å². The summed E-state index contributed by atoms with van der Waals surface area (Å²) in [7, 11) is -7.85. The number of benzene rings is 1. The number of halogens is 1. The molecule has 2 N–H and O–H groups in total. The van der Waals surface area contributed by atoms with Crippen molar-refractivity contribution >= 4 is 71.6 Å². The van der Waals surface area contributed by atoms with E-state index < -0.39 is 78.7 Å². The summed E-state index contributed by atoms with van der Waals surface area (Å²) >= 11 is 8.52. The van der Waals surface area contributed by atoms with E-state index in [4.69, 9.17) is 35.8 Å². The Morgan fingerprint density at radius 2 is 1.81 bits per heavy atom. The monoisotopic (exact) mass is 949 g/mol. The number of rotatable bonds is 16. The van der Waals surface area contributed by atoms with Gasteiger partial charge in [0.2, 0.25) is 31.9 Å². The van der Waals surface area contributed by atoms with Gasteiger partial charge in [-0.1, -0.05) is 52.6 Å². The summed E-state index contributed by atoms with van der Waals surface area (Å²) in [6.07, 6.45) is 1.68. The van der Waals surface area contributed by atoms with Gasteiger partial charge in [-0.15, -0.1) is 11.3 Å². The summed E-state index contributed by atoms with van der Waals surface area (Å²) in [6, 6.07) is 2.04. The maximum absolute atomic E-state index is 14.7. The van der Waals surface area contributed by atoms with E-state index in [0.29, 0.717) is 78.7 Å². The molecule has 0 unspecified atom stereocenters. The molecular weight excluding hydrogens is 894 g/mol. The van der Waals surface area contributed by atoms with Crippen LogP contribution in [0.4, 0.5) is 0 Å². The van der Waals surface area contributed by atoms with Crippen LogP contribution in [0, 0.1) is 11.8 Å². The highest BCUT2D eigenvalue weighted by Crippen LogP contribution is 2.48. The van der Waals surface area contributed by atoms with Gasteiger partial charge in [0.05, 0.1) is 42.0 Å². The van der Waals surface area contributed by atoms with Gasteiger partial charge < -0.3 is 24.4 Å². The Balaban J connectivity index is 1.15. The van der Waals surface area contributed by atoms with Gasteiger partial charge in [-0.25, -0.2) is 26.8 Å². The number of hydrogen-bond acceptors (Lipinski definition) is 14. The van der Waals surface area contributed by atoms with E-state index in [1.807, 2.05) is 26.2 Å². The number of amides is 3. The topological polar surface area (TPSA) is 207 Å². The molecule has 3 aliphatic heterocycles.